The van der Waals surface area contributed by atoms with Crippen LogP contribution in [0, 0.1) is 0 Å². The number of hydrogen-bond acceptors (Lipinski definition) is 1. The highest BCUT2D eigenvalue weighted by Crippen LogP contribution is 2.49. The first-order valence-corrected chi connectivity index (χ1v) is 5.63. The van der Waals surface area contributed by atoms with Crippen LogP contribution in [0.3, 0.4) is 0 Å². The van der Waals surface area contributed by atoms with Crippen LogP contribution in [-0.4, -0.2) is 11.7 Å². The summed E-state index contributed by atoms with van der Waals surface area (Å²) in [5.74, 6) is 0. The topological polar surface area (TPSA) is 12.0 Å². The minimum atomic E-state index is -4.56. The molecule has 0 atom stereocenters. The summed E-state index contributed by atoms with van der Waals surface area (Å²) >= 11 is 0. The highest BCUT2D eigenvalue weighted by atomic mass is 19.4. The van der Waals surface area contributed by atoms with Crippen molar-refractivity contribution < 1.29 is 26.3 Å². The maximum absolute atomic E-state index is 12.7. The molecule has 1 aliphatic rings. The summed E-state index contributed by atoms with van der Waals surface area (Å²) in [4.78, 5) is 0. The second kappa shape index (κ2) is 4.40. The monoisotopic (exact) mass is 283 g/mol. The lowest BCUT2D eigenvalue weighted by Crippen LogP contribution is -2.44. The molecule has 0 spiro atoms. The molecule has 1 aromatic rings. The maximum Gasteiger partial charge on any atom is 0.416 e. The minimum absolute atomic E-state index is 0.0926. The zero-order valence-corrected chi connectivity index (χ0v) is 9.70. The molecule has 2 rings (SSSR count). The Morgan fingerprint density at radius 3 is 2.05 bits per heavy atom. The molecule has 1 aliphatic carbocycles. The molecule has 1 fully saturated rings. The van der Waals surface area contributed by atoms with Crippen molar-refractivity contribution in [3.05, 3.63) is 35.4 Å². The van der Waals surface area contributed by atoms with Gasteiger partial charge in [0.15, 0.2) is 0 Å². The SMILES string of the molecule is FC(F)(F)c1ccccc1CNC1(C(F)(F)F)CC1. The van der Waals surface area contributed by atoms with E-state index >= 15 is 0 Å². The van der Waals surface area contributed by atoms with Crippen LogP contribution in [0.25, 0.3) is 0 Å². The van der Waals surface area contributed by atoms with Crippen molar-refractivity contribution >= 4 is 0 Å². The van der Waals surface area contributed by atoms with Gasteiger partial charge in [0.25, 0.3) is 0 Å². The Morgan fingerprint density at radius 2 is 1.58 bits per heavy atom. The summed E-state index contributed by atoms with van der Waals surface area (Å²) in [6.45, 7) is -0.449. The lowest BCUT2D eigenvalue weighted by atomic mass is 10.1. The summed E-state index contributed by atoms with van der Waals surface area (Å²) in [6, 6.07) is 4.63. The van der Waals surface area contributed by atoms with Gasteiger partial charge < -0.3 is 0 Å². The third-order valence-electron chi connectivity index (χ3n) is 3.23. The van der Waals surface area contributed by atoms with Crippen LogP contribution in [0.1, 0.15) is 24.0 Å². The Morgan fingerprint density at radius 1 is 1.00 bits per heavy atom. The van der Waals surface area contributed by atoms with Crippen LogP contribution in [0.2, 0.25) is 0 Å². The van der Waals surface area contributed by atoms with E-state index in [1.165, 1.54) is 18.2 Å². The van der Waals surface area contributed by atoms with Crippen LogP contribution in [0.5, 0.6) is 0 Å². The normalized spacial score (nSPS) is 18.4. The Balaban J connectivity index is 2.13. The predicted octanol–water partition coefficient (Wildman–Crippen LogP) is 3.89. The number of hydrogen-bond donors (Lipinski definition) is 1. The van der Waals surface area contributed by atoms with Crippen molar-refractivity contribution in [2.45, 2.75) is 37.3 Å². The van der Waals surface area contributed by atoms with Crippen LogP contribution >= 0.6 is 0 Å². The van der Waals surface area contributed by atoms with Gasteiger partial charge in [-0.25, -0.2) is 0 Å². The van der Waals surface area contributed by atoms with Gasteiger partial charge in [-0.2, -0.15) is 26.3 Å². The fourth-order valence-electron chi connectivity index (χ4n) is 1.90. The van der Waals surface area contributed by atoms with E-state index in [1.54, 1.807) is 0 Å². The molecule has 19 heavy (non-hydrogen) atoms. The van der Waals surface area contributed by atoms with E-state index in [0.717, 1.165) is 6.07 Å². The molecular formula is C12H11F6N. The molecule has 106 valence electrons. The fourth-order valence-corrected chi connectivity index (χ4v) is 1.90. The van der Waals surface area contributed by atoms with Gasteiger partial charge in [0.1, 0.15) is 5.54 Å². The Bertz CT molecular complexity index is 458. The average molecular weight is 283 g/mol. The number of benzene rings is 1. The third-order valence-corrected chi connectivity index (χ3v) is 3.23. The fraction of sp³-hybridized carbons (Fsp3) is 0.500. The van der Waals surface area contributed by atoms with E-state index in [-0.39, 0.29) is 18.4 Å². The highest BCUT2D eigenvalue weighted by Gasteiger charge is 2.63. The summed E-state index contributed by atoms with van der Waals surface area (Å²) in [7, 11) is 0. The molecule has 1 aromatic carbocycles. The predicted molar refractivity (Wildman–Crippen MR) is 56.3 cm³/mol. The van der Waals surface area contributed by atoms with E-state index < -0.39 is 30.0 Å². The number of halogens is 6. The molecule has 0 unspecified atom stereocenters. The van der Waals surface area contributed by atoms with Crippen LogP contribution in [0.15, 0.2) is 24.3 Å². The first-order chi connectivity index (χ1) is 8.66. The standard InChI is InChI=1S/C12H11F6N/c13-11(14,15)9-4-2-1-3-8(9)7-19-10(5-6-10)12(16,17)18/h1-4,19H,5-7H2. The Kier molecular flexibility index (Phi) is 3.28. The minimum Gasteiger partial charge on any atom is -0.299 e. The van der Waals surface area contributed by atoms with Crippen LogP contribution < -0.4 is 5.32 Å². The average Bonchev–Trinajstić information content (AvgIpc) is 3.05. The Hall–Kier alpha value is -1.24. The van der Waals surface area contributed by atoms with Gasteiger partial charge >= 0.3 is 12.4 Å². The molecule has 0 amide bonds. The second-order valence-corrected chi connectivity index (χ2v) is 4.59. The first-order valence-electron chi connectivity index (χ1n) is 5.63. The Labute approximate surface area is 105 Å². The molecular weight excluding hydrogens is 272 g/mol. The van der Waals surface area contributed by atoms with Gasteiger partial charge in [-0.05, 0) is 24.5 Å². The first kappa shape index (κ1) is 14.2. The number of nitrogens with one attached hydrogen (secondary N) is 1. The van der Waals surface area contributed by atoms with Crippen LogP contribution in [-0.2, 0) is 12.7 Å². The second-order valence-electron chi connectivity index (χ2n) is 4.59. The van der Waals surface area contributed by atoms with Gasteiger partial charge in [-0.1, -0.05) is 18.2 Å². The molecule has 1 N–H and O–H groups in total. The zero-order chi connectivity index (χ0) is 14.3. The lowest BCUT2D eigenvalue weighted by molar-refractivity contribution is -0.166. The zero-order valence-electron chi connectivity index (χ0n) is 9.70. The van der Waals surface area contributed by atoms with Crippen LogP contribution in [0.4, 0.5) is 26.3 Å². The van der Waals surface area contributed by atoms with Crippen molar-refractivity contribution in [3.63, 3.8) is 0 Å². The van der Waals surface area contributed by atoms with Gasteiger partial charge in [0.2, 0.25) is 0 Å². The van der Waals surface area contributed by atoms with Crippen molar-refractivity contribution in [1.29, 1.82) is 0 Å². The lowest BCUT2D eigenvalue weighted by Gasteiger charge is -2.22. The van der Waals surface area contributed by atoms with Crippen molar-refractivity contribution in [2.75, 3.05) is 0 Å². The maximum atomic E-state index is 12.7. The summed E-state index contributed by atoms with van der Waals surface area (Å²) in [6.07, 6.45) is -9.18. The van der Waals surface area contributed by atoms with Crippen molar-refractivity contribution in [2.24, 2.45) is 0 Å². The van der Waals surface area contributed by atoms with E-state index in [4.69, 9.17) is 0 Å². The van der Waals surface area contributed by atoms with Gasteiger partial charge in [-0.3, -0.25) is 5.32 Å². The largest absolute Gasteiger partial charge is 0.416 e. The molecule has 7 heteroatoms. The molecule has 1 saturated carbocycles. The van der Waals surface area contributed by atoms with Gasteiger partial charge in [0, 0.05) is 6.54 Å². The molecule has 1 nitrogen and oxygen atoms in total. The molecule has 0 heterocycles. The highest BCUT2D eigenvalue weighted by molar-refractivity contribution is 5.30. The van der Waals surface area contributed by atoms with E-state index in [0.29, 0.717) is 0 Å². The number of alkyl halides is 6. The van der Waals surface area contributed by atoms with Gasteiger partial charge in [-0.15, -0.1) is 0 Å². The molecule has 0 radical (unpaired) electrons. The third kappa shape index (κ3) is 2.86. The molecule has 0 saturated heterocycles. The number of rotatable bonds is 3. The smallest absolute Gasteiger partial charge is 0.299 e. The van der Waals surface area contributed by atoms with Gasteiger partial charge in [0.05, 0.1) is 5.56 Å². The van der Waals surface area contributed by atoms with Crippen molar-refractivity contribution in [1.82, 2.24) is 5.32 Å². The molecule has 0 bridgehead atoms. The van der Waals surface area contributed by atoms with Crippen molar-refractivity contribution in [3.8, 4) is 0 Å². The molecule has 0 aromatic heterocycles. The summed E-state index contributed by atoms with van der Waals surface area (Å²) in [5.41, 5.74) is -3.09. The summed E-state index contributed by atoms with van der Waals surface area (Å²) < 4.78 is 75.9. The summed E-state index contributed by atoms with van der Waals surface area (Å²) in [5, 5.41) is 2.21. The van der Waals surface area contributed by atoms with E-state index in [9.17, 15) is 26.3 Å². The molecule has 0 aliphatic heterocycles. The quantitative estimate of drug-likeness (QED) is 0.830. The van der Waals surface area contributed by atoms with E-state index in [2.05, 4.69) is 5.32 Å². The van der Waals surface area contributed by atoms with E-state index in [1.807, 2.05) is 0 Å².